The van der Waals surface area contributed by atoms with E-state index in [2.05, 4.69) is 80.6 Å². The summed E-state index contributed by atoms with van der Waals surface area (Å²) in [6.45, 7) is 4.29. The molecule has 0 unspecified atom stereocenters. The number of hydrogen-bond donors (Lipinski definition) is 0. The minimum absolute atomic E-state index is 1.28. The molecule has 1 aromatic heterocycles. The molecule has 0 spiro atoms. The molecule has 2 aromatic carbocycles. The average Bonchev–Trinajstić information content (AvgIpc) is 2.49. The van der Waals surface area contributed by atoms with Crippen molar-refractivity contribution in [2.75, 3.05) is 0 Å². The maximum atomic E-state index is 2.23. The molecule has 1 heterocycles. The molecule has 0 aliphatic carbocycles. The van der Waals surface area contributed by atoms with E-state index in [1.807, 2.05) is 11.3 Å². The van der Waals surface area contributed by atoms with Crippen molar-refractivity contribution in [2.24, 2.45) is 0 Å². The Morgan fingerprint density at radius 1 is 0.650 bits per heavy atom. The van der Waals surface area contributed by atoms with Gasteiger partial charge in [-0.3, -0.25) is 0 Å². The summed E-state index contributed by atoms with van der Waals surface area (Å²) in [5.41, 5.74) is 5.18. The van der Waals surface area contributed by atoms with Crippen LogP contribution in [0, 0.1) is 13.8 Å². The van der Waals surface area contributed by atoms with Crippen LogP contribution in [0.3, 0.4) is 0 Å². The van der Waals surface area contributed by atoms with Gasteiger partial charge < -0.3 is 0 Å². The van der Waals surface area contributed by atoms with E-state index in [4.69, 9.17) is 0 Å². The molecule has 3 rings (SSSR count). The molecule has 0 bridgehead atoms. The van der Waals surface area contributed by atoms with Gasteiger partial charge in [-0.2, -0.15) is 0 Å². The molecule has 0 N–H and O–H groups in total. The van der Waals surface area contributed by atoms with Gasteiger partial charge in [-0.15, -0.1) is 0 Å². The van der Waals surface area contributed by atoms with Crippen molar-refractivity contribution in [3.63, 3.8) is 0 Å². The molecule has 98 valence electrons. The molecular formula is C19H17S+. The second-order valence-corrected chi connectivity index (χ2v) is 6.28. The Kier molecular flexibility index (Phi) is 3.62. The van der Waals surface area contributed by atoms with Crippen LogP contribution in [-0.2, 0) is 0 Å². The van der Waals surface area contributed by atoms with Crippen LogP contribution in [-0.4, -0.2) is 0 Å². The second-order valence-electron chi connectivity index (χ2n) is 5.02. The van der Waals surface area contributed by atoms with Gasteiger partial charge in [0.1, 0.15) is 0 Å². The van der Waals surface area contributed by atoms with E-state index < -0.39 is 0 Å². The molecule has 3 aromatic rings. The van der Waals surface area contributed by atoms with Crippen LogP contribution in [0.1, 0.15) is 10.4 Å². The highest BCUT2D eigenvalue weighted by atomic mass is 32.1. The summed E-state index contributed by atoms with van der Waals surface area (Å²) in [4.78, 5) is 2.68. The minimum Gasteiger partial charge on any atom is -0.0622 e. The van der Waals surface area contributed by atoms with E-state index in [-0.39, 0.29) is 0 Å². The smallest absolute Gasteiger partial charge is 0.0622 e. The highest BCUT2D eigenvalue weighted by molar-refractivity contribution is 7.15. The summed E-state index contributed by atoms with van der Waals surface area (Å²) >= 11 is 1.86. The van der Waals surface area contributed by atoms with Crippen LogP contribution in [0.25, 0.3) is 21.6 Å². The third kappa shape index (κ3) is 2.63. The molecule has 0 atom stereocenters. The molecule has 0 aliphatic rings. The molecule has 0 amide bonds. The molecule has 0 saturated carbocycles. The van der Waals surface area contributed by atoms with Crippen LogP contribution in [0.5, 0.6) is 0 Å². The fraction of sp³-hybridized carbons (Fsp3) is 0.105. The van der Waals surface area contributed by atoms with Crippen molar-refractivity contribution in [3.8, 4) is 21.6 Å². The zero-order chi connectivity index (χ0) is 13.9. The van der Waals surface area contributed by atoms with Gasteiger partial charge in [-0.05, 0) is 36.8 Å². The van der Waals surface area contributed by atoms with Crippen LogP contribution >= 0.6 is 11.3 Å². The Hall–Kier alpha value is -1.99. The monoisotopic (exact) mass is 277 g/mol. The van der Waals surface area contributed by atoms with Gasteiger partial charge in [0.15, 0.2) is 0 Å². The van der Waals surface area contributed by atoms with Gasteiger partial charge in [0.05, 0.1) is 0 Å². The number of aryl methyl sites for hydroxylation is 2. The lowest BCUT2D eigenvalue weighted by molar-refractivity contribution is 1.47. The zero-order valence-electron chi connectivity index (χ0n) is 11.8. The maximum absolute atomic E-state index is 2.23. The summed E-state index contributed by atoms with van der Waals surface area (Å²) in [5.74, 6) is 0. The molecule has 0 fully saturated rings. The Labute approximate surface area is 124 Å². The predicted octanol–water partition coefficient (Wildman–Crippen LogP) is 5.98. The Balaban J connectivity index is 2.19. The fourth-order valence-electron chi connectivity index (χ4n) is 2.29. The number of benzene rings is 2. The van der Waals surface area contributed by atoms with Crippen molar-refractivity contribution in [2.45, 2.75) is 13.8 Å². The van der Waals surface area contributed by atoms with Gasteiger partial charge in [-0.1, -0.05) is 48.0 Å². The van der Waals surface area contributed by atoms with Crippen LogP contribution < -0.4 is 0 Å². The van der Waals surface area contributed by atoms with Crippen molar-refractivity contribution in [1.82, 2.24) is 0 Å². The minimum atomic E-state index is 1.28. The normalized spacial score (nSPS) is 10.5. The maximum Gasteiger partial charge on any atom is 0.246 e. The third-order valence-electron chi connectivity index (χ3n) is 3.39. The van der Waals surface area contributed by atoms with Gasteiger partial charge >= 0.3 is 0 Å². The third-order valence-corrected chi connectivity index (χ3v) is 4.51. The Morgan fingerprint density at radius 3 is 2.05 bits per heavy atom. The lowest BCUT2D eigenvalue weighted by Crippen LogP contribution is -1.84. The van der Waals surface area contributed by atoms with Crippen LogP contribution in [0.15, 0.2) is 66.7 Å². The first kappa shape index (κ1) is 13.0. The standard InChI is InChI=1S/C19H17S/c1-14-8-11-17(12-9-14)19-18(13-10-15(2)20-19)16-6-4-3-5-7-16/h3-13H,1-2H3/q+1. The number of hydrogen-bond acceptors (Lipinski definition) is 0. The summed E-state index contributed by atoms with van der Waals surface area (Å²) in [7, 11) is 0. The van der Waals surface area contributed by atoms with Gasteiger partial charge in [0, 0.05) is 18.1 Å². The predicted molar refractivity (Wildman–Crippen MR) is 89.1 cm³/mol. The van der Waals surface area contributed by atoms with E-state index in [1.165, 1.54) is 32.0 Å². The Bertz CT molecular complexity index is 713. The summed E-state index contributed by atoms with van der Waals surface area (Å²) < 4.78 is 0. The molecular weight excluding hydrogens is 260 g/mol. The lowest BCUT2D eigenvalue weighted by atomic mass is 10.0. The van der Waals surface area contributed by atoms with Gasteiger partial charge in [0.2, 0.25) is 21.1 Å². The van der Waals surface area contributed by atoms with Crippen molar-refractivity contribution < 1.29 is 0 Å². The largest absolute Gasteiger partial charge is 0.246 e. The highest BCUT2D eigenvalue weighted by Gasteiger charge is 2.18. The van der Waals surface area contributed by atoms with Crippen molar-refractivity contribution >= 4 is 11.3 Å². The first-order valence-corrected chi connectivity index (χ1v) is 7.62. The van der Waals surface area contributed by atoms with Crippen LogP contribution in [0.2, 0.25) is 0 Å². The van der Waals surface area contributed by atoms with E-state index in [0.717, 1.165) is 0 Å². The van der Waals surface area contributed by atoms with E-state index in [9.17, 15) is 0 Å². The quantitative estimate of drug-likeness (QED) is 0.505. The van der Waals surface area contributed by atoms with E-state index >= 15 is 0 Å². The van der Waals surface area contributed by atoms with Crippen molar-refractivity contribution in [3.05, 3.63) is 77.2 Å². The lowest BCUT2D eigenvalue weighted by Gasteiger charge is -2.03. The summed E-state index contributed by atoms with van der Waals surface area (Å²) in [5, 5.41) is 0. The van der Waals surface area contributed by atoms with E-state index in [0.29, 0.717) is 0 Å². The first-order chi connectivity index (χ1) is 9.74. The van der Waals surface area contributed by atoms with Crippen LogP contribution in [0.4, 0.5) is 0 Å². The topological polar surface area (TPSA) is 0 Å². The van der Waals surface area contributed by atoms with Gasteiger partial charge in [-0.25, -0.2) is 0 Å². The molecule has 0 radical (unpaired) electrons. The summed E-state index contributed by atoms with van der Waals surface area (Å²) in [6.07, 6.45) is 0. The molecule has 0 saturated heterocycles. The molecule has 0 nitrogen and oxygen atoms in total. The molecule has 20 heavy (non-hydrogen) atoms. The average molecular weight is 277 g/mol. The van der Waals surface area contributed by atoms with Crippen molar-refractivity contribution in [1.29, 1.82) is 0 Å². The second kappa shape index (κ2) is 5.56. The SMILES string of the molecule is Cc1ccc(-c2[s+]c(C)ccc2-c2ccccc2)cc1. The Morgan fingerprint density at radius 2 is 1.35 bits per heavy atom. The number of rotatable bonds is 2. The molecule has 0 aliphatic heterocycles. The summed E-state index contributed by atoms with van der Waals surface area (Å²) in [6, 6.07) is 23.8. The van der Waals surface area contributed by atoms with Gasteiger partial charge in [0.25, 0.3) is 0 Å². The fourth-order valence-corrected chi connectivity index (χ4v) is 3.30. The first-order valence-electron chi connectivity index (χ1n) is 6.80. The highest BCUT2D eigenvalue weighted by Crippen LogP contribution is 2.36. The zero-order valence-corrected chi connectivity index (χ0v) is 12.6. The molecule has 1 heteroatoms. The van der Waals surface area contributed by atoms with E-state index in [1.54, 1.807) is 0 Å².